The molecular formula is C14H9BrClNO. The molecule has 0 aromatic heterocycles. The van der Waals surface area contributed by atoms with Crippen molar-refractivity contribution in [2.45, 2.75) is 6.92 Å². The molecule has 90 valence electrons. The molecule has 0 aliphatic rings. The Morgan fingerprint density at radius 3 is 2.67 bits per heavy atom. The fourth-order valence-electron chi connectivity index (χ4n) is 1.49. The van der Waals surface area contributed by atoms with Crippen LogP contribution in [0, 0.1) is 18.3 Å². The summed E-state index contributed by atoms with van der Waals surface area (Å²) in [6, 6.07) is 12.8. The van der Waals surface area contributed by atoms with Crippen LogP contribution < -0.4 is 4.74 Å². The lowest BCUT2D eigenvalue weighted by Gasteiger charge is -2.09. The van der Waals surface area contributed by atoms with Gasteiger partial charge in [-0.05, 0) is 48.9 Å². The number of rotatable bonds is 2. The molecular weight excluding hydrogens is 314 g/mol. The third kappa shape index (κ3) is 2.84. The van der Waals surface area contributed by atoms with Gasteiger partial charge in [0.2, 0.25) is 0 Å². The van der Waals surface area contributed by atoms with E-state index >= 15 is 0 Å². The van der Waals surface area contributed by atoms with Gasteiger partial charge in [-0.3, -0.25) is 0 Å². The lowest BCUT2D eigenvalue weighted by Crippen LogP contribution is -1.89. The Morgan fingerprint density at radius 1 is 1.22 bits per heavy atom. The zero-order chi connectivity index (χ0) is 13.1. The van der Waals surface area contributed by atoms with Crippen molar-refractivity contribution in [1.82, 2.24) is 0 Å². The van der Waals surface area contributed by atoms with E-state index in [-0.39, 0.29) is 0 Å². The van der Waals surface area contributed by atoms with E-state index in [4.69, 9.17) is 21.6 Å². The van der Waals surface area contributed by atoms with Crippen molar-refractivity contribution in [2.75, 3.05) is 0 Å². The summed E-state index contributed by atoms with van der Waals surface area (Å²) in [5.74, 6) is 1.19. The van der Waals surface area contributed by atoms with Crippen molar-refractivity contribution in [3.05, 3.63) is 57.0 Å². The first-order chi connectivity index (χ1) is 8.60. The standard InChI is InChI=1S/C14H9BrClNO/c1-9-6-12(3-4-13(9)16)18-14-5-2-11(15)7-10(14)8-17/h2-7H,1H3. The summed E-state index contributed by atoms with van der Waals surface area (Å²) in [6.45, 7) is 1.90. The van der Waals surface area contributed by atoms with Gasteiger partial charge in [0.15, 0.2) is 0 Å². The molecule has 0 fully saturated rings. The van der Waals surface area contributed by atoms with Crippen LogP contribution in [0.3, 0.4) is 0 Å². The summed E-state index contributed by atoms with van der Waals surface area (Å²) in [4.78, 5) is 0. The van der Waals surface area contributed by atoms with Crippen LogP contribution in [0.2, 0.25) is 5.02 Å². The van der Waals surface area contributed by atoms with Gasteiger partial charge in [0.1, 0.15) is 17.6 Å². The lowest BCUT2D eigenvalue weighted by molar-refractivity contribution is 0.480. The third-order valence-corrected chi connectivity index (χ3v) is 3.34. The van der Waals surface area contributed by atoms with Crippen molar-refractivity contribution in [2.24, 2.45) is 0 Å². The molecule has 4 heteroatoms. The van der Waals surface area contributed by atoms with E-state index in [1.54, 1.807) is 24.3 Å². The number of nitrogens with zero attached hydrogens (tertiary/aromatic N) is 1. The second kappa shape index (κ2) is 5.43. The van der Waals surface area contributed by atoms with Crippen molar-refractivity contribution < 1.29 is 4.74 Å². The van der Waals surface area contributed by atoms with Crippen LogP contribution in [-0.2, 0) is 0 Å². The normalized spacial score (nSPS) is 9.89. The van der Waals surface area contributed by atoms with Gasteiger partial charge >= 0.3 is 0 Å². The molecule has 0 radical (unpaired) electrons. The van der Waals surface area contributed by atoms with E-state index in [1.807, 2.05) is 19.1 Å². The van der Waals surface area contributed by atoms with Crippen molar-refractivity contribution in [3.8, 4) is 17.6 Å². The molecule has 0 bridgehead atoms. The topological polar surface area (TPSA) is 33.0 Å². The molecule has 2 rings (SSSR count). The molecule has 0 heterocycles. The second-order valence-corrected chi connectivity index (χ2v) is 5.09. The Hall–Kier alpha value is -1.50. The molecule has 0 amide bonds. The maximum atomic E-state index is 9.05. The largest absolute Gasteiger partial charge is 0.456 e. The first kappa shape index (κ1) is 12.9. The van der Waals surface area contributed by atoms with Crippen LogP contribution >= 0.6 is 27.5 Å². The molecule has 0 aliphatic carbocycles. The van der Waals surface area contributed by atoms with Gasteiger partial charge in [0, 0.05) is 9.50 Å². The number of halogens is 2. The van der Waals surface area contributed by atoms with Crippen LogP contribution in [0.25, 0.3) is 0 Å². The molecule has 0 N–H and O–H groups in total. The predicted molar refractivity (Wildman–Crippen MR) is 75.1 cm³/mol. The van der Waals surface area contributed by atoms with Crippen LogP contribution in [0.15, 0.2) is 40.9 Å². The quantitative estimate of drug-likeness (QED) is 0.773. The zero-order valence-corrected chi connectivity index (χ0v) is 11.9. The molecule has 0 saturated heterocycles. The predicted octanol–water partition coefficient (Wildman–Crippen LogP) is 5.07. The van der Waals surface area contributed by atoms with E-state index in [1.165, 1.54) is 0 Å². The number of hydrogen-bond donors (Lipinski definition) is 0. The summed E-state index contributed by atoms with van der Waals surface area (Å²) in [6.07, 6.45) is 0. The molecule has 0 unspecified atom stereocenters. The highest BCUT2D eigenvalue weighted by Crippen LogP contribution is 2.29. The molecule has 0 saturated carbocycles. The maximum Gasteiger partial charge on any atom is 0.145 e. The Morgan fingerprint density at radius 2 is 2.00 bits per heavy atom. The molecule has 2 aromatic carbocycles. The number of hydrogen-bond acceptors (Lipinski definition) is 2. The fourth-order valence-corrected chi connectivity index (χ4v) is 1.96. The maximum absolute atomic E-state index is 9.05. The van der Waals surface area contributed by atoms with Gasteiger partial charge in [-0.2, -0.15) is 5.26 Å². The van der Waals surface area contributed by atoms with E-state index in [0.717, 1.165) is 10.0 Å². The Bertz CT molecular complexity index is 634. The minimum Gasteiger partial charge on any atom is -0.456 e. The van der Waals surface area contributed by atoms with E-state index in [2.05, 4.69) is 22.0 Å². The van der Waals surface area contributed by atoms with Gasteiger partial charge in [0.25, 0.3) is 0 Å². The van der Waals surface area contributed by atoms with Crippen molar-refractivity contribution >= 4 is 27.5 Å². The lowest BCUT2D eigenvalue weighted by atomic mass is 10.2. The first-order valence-electron chi connectivity index (χ1n) is 5.24. The number of ether oxygens (including phenoxy) is 1. The van der Waals surface area contributed by atoms with Crippen molar-refractivity contribution in [1.29, 1.82) is 5.26 Å². The Kier molecular flexibility index (Phi) is 3.90. The Balaban J connectivity index is 2.34. The first-order valence-corrected chi connectivity index (χ1v) is 6.41. The molecule has 18 heavy (non-hydrogen) atoms. The van der Waals surface area contributed by atoms with Gasteiger partial charge in [-0.1, -0.05) is 27.5 Å². The van der Waals surface area contributed by atoms with E-state index < -0.39 is 0 Å². The monoisotopic (exact) mass is 321 g/mol. The summed E-state index contributed by atoms with van der Waals surface area (Å²) in [5, 5.41) is 9.74. The highest BCUT2D eigenvalue weighted by atomic mass is 79.9. The Labute approximate surface area is 119 Å². The fraction of sp³-hybridized carbons (Fsp3) is 0.0714. The number of nitriles is 1. The number of aryl methyl sites for hydroxylation is 1. The van der Waals surface area contributed by atoms with Crippen molar-refractivity contribution in [3.63, 3.8) is 0 Å². The van der Waals surface area contributed by atoms with Crippen LogP contribution in [-0.4, -0.2) is 0 Å². The highest BCUT2D eigenvalue weighted by Gasteiger charge is 2.06. The van der Waals surface area contributed by atoms with Gasteiger partial charge in [-0.15, -0.1) is 0 Å². The summed E-state index contributed by atoms with van der Waals surface area (Å²) in [7, 11) is 0. The summed E-state index contributed by atoms with van der Waals surface area (Å²) < 4.78 is 6.54. The smallest absolute Gasteiger partial charge is 0.145 e. The molecule has 2 nitrogen and oxygen atoms in total. The van der Waals surface area contributed by atoms with Crippen LogP contribution in [0.4, 0.5) is 0 Å². The molecule has 0 spiro atoms. The molecule has 2 aromatic rings. The molecule has 0 aliphatic heterocycles. The SMILES string of the molecule is Cc1cc(Oc2ccc(Br)cc2C#N)ccc1Cl. The van der Waals surface area contributed by atoms with Crippen LogP contribution in [0.5, 0.6) is 11.5 Å². The average Bonchev–Trinajstić information content (AvgIpc) is 2.36. The van der Waals surface area contributed by atoms with E-state index in [0.29, 0.717) is 22.1 Å². The van der Waals surface area contributed by atoms with Gasteiger partial charge < -0.3 is 4.74 Å². The molecule has 0 atom stereocenters. The van der Waals surface area contributed by atoms with Gasteiger partial charge in [-0.25, -0.2) is 0 Å². The third-order valence-electron chi connectivity index (χ3n) is 2.42. The minimum atomic E-state index is 0.483. The van der Waals surface area contributed by atoms with Crippen LogP contribution in [0.1, 0.15) is 11.1 Å². The zero-order valence-electron chi connectivity index (χ0n) is 9.58. The number of benzene rings is 2. The summed E-state index contributed by atoms with van der Waals surface area (Å²) in [5.41, 5.74) is 1.42. The second-order valence-electron chi connectivity index (χ2n) is 3.77. The van der Waals surface area contributed by atoms with Gasteiger partial charge in [0.05, 0.1) is 5.56 Å². The summed E-state index contributed by atoms with van der Waals surface area (Å²) >= 11 is 9.27. The van der Waals surface area contributed by atoms with E-state index in [9.17, 15) is 0 Å². The highest BCUT2D eigenvalue weighted by molar-refractivity contribution is 9.10. The minimum absolute atomic E-state index is 0.483. The average molecular weight is 323 g/mol.